The van der Waals surface area contributed by atoms with E-state index in [4.69, 9.17) is 0 Å². The molecule has 0 atom stereocenters. The van der Waals surface area contributed by atoms with Gasteiger partial charge in [-0.1, -0.05) is 6.07 Å². The van der Waals surface area contributed by atoms with Crippen molar-refractivity contribution in [2.45, 2.75) is 6.54 Å². The van der Waals surface area contributed by atoms with Crippen molar-refractivity contribution in [3.05, 3.63) is 58.6 Å². The molecule has 0 unspecified atom stereocenters. The molecule has 1 aromatic carbocycles. The van der Waals surface area contributed by atoms with E-state index in [1.807, 2.05) is 12.1 Å². The monoisotopic (exact) mass is 280 g/mol. The molecule has 0 radical (unpaired) electrons. The summed E-state index contributed by atoms with van der Waals surface area (Å²) < 4.78 is 13.9. The average Bonchev–Trinajstić information content (AvgIpc) is 2.28. The minimum atomic E-state index is -0.237. The van der Waals surface area contributed by atoms with Crippen molar-refractivity contribution in [2.24, 2.45) is 0 Å². The van der Waals surface area contributed by atoms with Crippen molar-refractivity contribution in [1.82, 2.24) is 4.98 Å². The number of halogens is 2. The lowest BCUT2D eigenvalue weighted by atomic mass is 10.2. The summed E-state index contributed by atoms with van der Waals surface area (Å²) in [6.07, 6.45) is 3.47. The van der Waals surface area contributed by atoms with E-state index in [1.165, 1.54) is 12.1 Å². The molecule has 0 aliphatic rings. The zero-order valence-electron chi connectivity index (χ0n) is 8.45. The predicted molar refractivity (Wildman–Crippen MR) is 65.7 cm³/mol. The van der Waals surface area contributed by atoms with Gasteiger partial charge in [-0.2, -0.15) is 0 Å². The van der Waals surface area contributed by atoms with Gasteiger partial charge in [0.15, 0.2) is 0 Å². The molecule has 0 bridgehead atoms. The molecule has 16 heavy (non-hydrogen) atoms. The van der Waals surface area contributed by atoms with Gasteiger partial charge in [-0.3, -0.25) is 4.98 Å². The molecule has 2 rings (SSSR count). The highest BCUT2D eigenvalue weighted by Gasteiger charge is 1.99. The average molecular weight is 281 g/mol. The molecule has 0 saturated heterocycles. The van der Waals surface area contributed by atoms with E-state index in [0.717, 1.165) is 15.7 Å². The predicted octanol–water partition coefficient (Wildman–Crippen LogP) is 3.60. The first kappa shape index (κ1) is 11.1. The fraction of sp³-hybridized carbons (Fsp3) is 0.0833. The van der Waals surface area contributed by atoms with Crippen LogP contribution in [0.15, 0.2) is 47.2 Å². The van der Waals surface area contributed by atoms with Gasteiger partial charge >= 0.3 is 0 Å². The third-order valence-corrected chi connectivity index (χ3v) is 2.88. The second kappa shape index (κ2) is 5.07. The third kappa shape index (κ3) is 2.79. The fourth-order valence-electron chi connectivity index (χ4n) is 1.34. The van der Waals surface area contributed by atoms with E-state index < -0.39 is 0 Å². The highest BCUT2D eigenvalue weighted by molar-refractivity contribution is 9.10. The number of aromatic nitrogens is 1. The summed E-state index contributed by atoms with van der Waals surface area (Å²) in [4.78, 5) is 3.98. The molecule has 0 saturated carbocycles. The van der Waals surface area contributed by atoms with E-state index >= 15 is 0 Å². The Morgan fingerprint density at radius 3 is 2.94 bits per heavy atom. The molecule has 0 aliphatic heterocycles. The van der Waals surface area contributed by atoms with Crippen LogP contribution < -0.4 is 5.32 Å². The second-order valence-electron chi connectivity index (χ2n) is 3.33. The minimum absolute atomic E-state index is 0.237. The first-order valence-corrected chi connectivity index (χ1v) is 5.63. The van der Waals surface area contributed by atoms with E-state index in [0.29, 0.717) is 6.54 Å². The van der Waals surface area contributed by atoms with Crippen LogP contribution in [0.25, 0.3) is 0 Å². The lowest BCUT2D eigenvalue weighted by Gasteiger charge is -2.07. The van der Waals surface area contributed by atoms with Gasteiger partial charge in [0.1, 0.15) is 5.82 Å². The molecule has 0 fully saturated rings. The number of hydrogen-bond acceptors (Lipinski definition) is 2. The fourth-order valence-corrected chi connectivity index (χ4v) is 1.73. The molecule has 1 aromatic heterocycles. The number of nitrogens with one attached hydrogen (secondary N) is 1. The maximum absolute atomic E-state index is 12.9. The Kier molecular flexibility index (Phi) is 3.51. The molecule has 0 aliphatic carbocycles. The van der Waals surface area contributed by atoms with Crippen molar-refractivity contribution in [3.8, 4) is 0 Å². The van der Waals surface area contributed by atoms with Crippen LogP contribution >= 0.6 is 15.9 Å². The van der Waals surface area contributed by atoms with Crippen LogP contribution in [0.4, 0.5) is 10.1 Å². The first-order chi connectivity index (χ1) is 7.75. The van der Waals surface area contributed by atoms with Crippen molar-refractivity contribution < 1.29 is 4.39 Å². The van der Waals surface area contributed by atoms with E-state index in [9.17, 15) is 4.39 Å². The van der Waals surface area contributed by atoms with Gasteiger partial charge in [-0.05, 0) is 45.8 Å². The minimum Gasteiger partial charge on any atom is -0.381 e. The van der Waals surface area contributed by atoms with Gasteiger partial charge < -0.3 is 5.32 Å². The molecule has 82 valence electrons. The van der Waals surface area contributed by atoms with Crippen LogP contribution in [0, 0.1) is 5.82 Å². The molecule has 0 spiro atoms. The zero-order chi connectivity index (χ0) is 11.4. The van der Waals surface area contributed by atoms with Crippen molar-refractivity contribution in [1.29, 1.82) is 0 Å². The summed E-state index contributed by atoms with van der Waals surface area (Å²) in [5.74, 6) is -0.237. The summed E-state index contributed by atoms with van der Waals surface area (Å²) in [6.45, 7) is 0.632. The molecular weight excluding hydrogens is 271 g/mol. The van der Waals surface area contributed by atoms with E-state index in [-0.39, 0.29) is 5.82 Å². The first-order valence-electron chi connectivity index (χ1n) is 4.83. The highest BCUT2D eigenvalue weighted by Crippen LogP contribution is 2.16. The van der Waals surface area contributed by atoms with Gasteiger partial charge in [-0.25, -0.2) is 4.39 Å². The summed E-state index contributed by atoms with van der Waals surface area (Å²) in [5, 5.41) is 3.14. The molecule has 2 aromatic rings. The molecule has 1 N–H and O–H groups in total. The lowest BCUT2D eigenvalue weighted by Crippen LogP contribution is -2.00. The molecular formula is C12H10BrFN2. The van der Waals surface area contributed by atoms with E-state index in [1.54, 1.807) is 18.5 Å². The largest absolute Gasteiger partial charge is 0.381 e. The summed E-state index contributed by atoms with van der Waals surface area (Å²) in [5.41, 5.74) is 1.85. The highest BCUT2D eigenvalue weighted by atomic mass is 79.9. The Morgan fingerprint density at radius 2 is 2.19 bits per heavy atom. The Bertz CT molecular complexity index is 488. The Labute approximate surface area is 102 Å². The number of hydrogen-bond donors (Lipinski definition) is 1. The number of pyridine rings is 1. The van der Waals surface area contributed by atoms with Gasteiger partial charge in [0, 0.05) is 29.1 Å². The van der Waals surface area contributed by atoms with Crippen LogP contribution in [-0.4, -0.2) is 4.98 Å². The van der Waals surface area contributed by atoms with Gasteiger partial charge in [-0.15, -0.1) is 0 Å². The maximum atomic E-state index is 12.9. The summed E-state index contributed by atoms with van der Waals surface area (Å²) >= 11 is 3.41. The van der Waals surface area contributed by atoms with Crippen molar-refractivity contribution in [3.63, 3.8) is 0 Å². The quantitative estimate of drug-likeness (QED) is 0.929. The van der Waals surface area contributed by atoms with Crippen molar-refractivity contribution in [2.75, 3.05) is 5.32 Å². The number of nitrogens with zero attached hydrogens (tertiary/aromatic N) is 1. The molecule has 2 nitrogen and oxygen atoms in total. The second-order valence-corrected chi connectivity index (χ2v) is 4.19. The number of anilines is 1. The Hall–Kier alpha value is -1.42. The Balaban J connectivity index is 2.05. The molecule has 0 amide bonds. The standard InChI is InChI=1S/C12H10BrFN2/c13-12-8-15-5-4-9(12)7-16-11-3-1-2-10(14)6-11/h1-6,8,16H,7H2. The van der Waals surface area contributed by atoms with Crippen LogP contribution in [0.3, 0.4) is 0 Å². The Morgan fingerprint density at radius 1 is 1.31 bits per heavy atom. The smallest absolute Gasteiger partial charge is 0.125 e. The van der Waals surface area contributed by atoms with Gasteiger partial charge in [0.2, 0.25) is 0 Å². The summed E-state index contributed by atoms with van der Waals surface area (Å²) in [7, 11) is 0. The van der Waals surface area contributed by atoms with Crippen LogP contribution in [0.2, 0.25) is 0 Å². The van der Waals surface area contributed by atoms with Crippen LogP contribution in [0.1, 0.15) is 5.56 Å². The summed E-state index contributed by atoms with van der Waals surface area (Å²) in [6, 6.07) is 8.32. The molecule has 1 heterocycles. The van der Waals surface area contributed by atoms with Crippen molar-refractivity contribution >= 4 is 21.6 Å². The third-order valence-electron chi connectivity index (χ3n) is 2.16. The number of rotatable bonds is 3. The van der Waals surface area contributed by atoms with Gasteiger partial charge in [0.25, 0.3) is 0 Å². The van der Waals surface area contributed by atoms with E-state index in [2.05, 4.69) is 26.2 Å². The maximum Gasteiger partial charge on any atom is 0.125 e. The number of benzene rings is 1. The van der Waals surface area contributed by atoms with Crippen LogP contribution in [0.5, 0.6) is 0 Å². The molecule has 4 heteroatoms. The normalized spacial score (nSPS) is 10.1. The topological polar surface area (TPSA) is 24.9 Å². The SMILES string of the molecule is Fc1cccc(NCc2ccncc2Br)c1. The van der Waals surface area contributed by atoms with Gasteiger partial charge in [0.05, 0.1) is 0 Å². The zero-order valence-corrected chi connectivity index (χ0v) is 10.0. The lowest BCUT2D eigenvalue weighted by molar-refractivity contribution is 0.628. The van der Waals surface area contributed by atoms with Crippen LogP contribution in [-0.2, 0) is 6.54 Å².